The molecule has 270 valence electrons. The van der Waals surface area contributed by atoms with Gasteiger partial charge >= 0.3 is 30.3 Å². The minimum atomic E-state index is -5.64. The van der Waals surface area contributed by atoms with E-state index < -0.39 is 78.4 Å². The fourth-order valence-electron chi connectivity index (χ4n) is 6.18. The van der Waals surface area contributed by atoms with E-state index in [0.717, 1.165) is 16.1 Å². The Hall–Kier alpha value is -3.28. The molecule has 0 saturated carbocycles. The molecule has 0 aliphatic carbocycles. The number of likely N-dealkylation sites (tertiary alicyclic amines) is 1. The third-order valence-electron chi connectivity index (χ3n) is 8.90. The number of hydrogen-bond donors (Lipinski definition) is 4. The molecule has 4 N–H and O–H groups in total. The summed E-state index contributed by atoms with van der Waals surface area (Å²) in [7, 11) is 0. The normalized spacial score (nSPS) is 18.9. The van der Waals surface area contributed by atoms with Crippen LogP contribution in [0.25, 0.3) is 0 Å². The first-order chi connectivity index (χ1) is 22.0. The SMILES string of the molecule is CCOC(C(F)(F)F)(C(F)(F)F)[C@]1(CCc2cccs2)CCN(C(C)(CC)c2ccc(C)nc2)C1.O=C(O)CC(O)(CC(=O)O)C(=O)O. The number of ether oxygens (including phenoxy) is 1. The van der Waals surface area contributed by atoms with Crippen molar-refractivity contribution in [3.8, 4) is 0 Å². The molecular weight excluding hydrogens is 674 g/mol. The molecule has 2 aromatic heterocycles. The average Bonchev–Trinajstić information content (AvgIpc) is 3.64. The van der Waals surface area contributed by atoms with Gasteiger partial charge < -0.3 is 25.2 Å². The molecule has 0 aromatic carbocycles. The summed E-state index contributed by atoms with van der Waals surface area (Å²) in [6.07, 6.45) is -11.9. The van der Waals surface area contributed by atoms with Crippen LogP contribution in [0, 0.1) is 12.3 Å². The lowest BCUT2D eigenvalue weighted by Crippen LogP contribution is -2.69. The van der Waals surface area contributed by atoms with E-state index in [2.05, 4.69) is 4.98 Å². The number of carboxylic acid groups (broad SMARTS) is 3. The predicted molar refractivity (Wildman–Crippen MR) is 161 cm³/mol. The Kier molecular flexibility index (Phi) is 13.2. The van der Waals surface area contributed by atoms with Crippen molar-refractivity contribution >= 4 is 29.2 Å². The number of alkyl halides is 6. The zero-order chi connectivity index (χ0) is 36.8. The lowest BCUT2D eigenvalue weighted by molar-refractivity contribution is -0.415. The number of pyridine rings is 1. The van der Waals surface area contributed by atoms with Crippen molar-refractivity contribution < 1.29 is 65.9 Å². The fourth-order valence-corrected chi connectivity index (χ4v) is 6.89. The minimum absolute atomic E-state index is 0.0869. The van der Waals surface area contributed by atoms with Gasteiger partial charge in [0.05, 0.1) is 12.8 Å². The highest BCUT2D eigenvalue weighted by Gasteiger charge is 2.81. The molecule has 1 aliphatic rings. The summed E-state index contributed by atoms with van der Waals surface area (Å²) in [5, 5.41) is 35.6. The number of nitrogens with zero attached hydrogens (tertiary/aromatic N) is 2. The van der Waals surface area contributed by atoms with E-state index in [1.165, 1.54) is 18.3 Å². The summed E-state index contributed by atoms with van der Waals surface area (Å²) in [5.74, 6) is -5.02. The first-order valence-corrected chi connectivity index (χ1v) is 15.8. The number of hydrogen-bond acceptors (Lipinski definition) is 8. The lowest BCUT2D eigenvalue weighted by atomic mass is 9.66. The standard InChI is InChI=1S/C25H32F6N2OS.C6H8O7/c1-5-21(4,19-10-9-18(3)32-16-19)33-14-13-22(17-33,12-11-20-8-7-15-35-20)23(34-6-2,24(26,27)28)25(29,30)31;7-3(8)1-6(13,5(11)12)2-4(9)10/h7-10,15-16H,5-6,11-14,17H2,1-4H3;13H,1-2H2,(H,7,8)(H,9,10)(H,11,12)/t21?,22-;/m1./s1. The molecule has 0 radical (unpaired) electrons. The van der Waals surface area contributed by atoms with Gasteiger partial charge in [0.15, 0.2) is 5.60 Å². The summed E-state index contributed by atoms with van der Waals surface area (Å²) in [4.78, 5) is 37.3. The fraction of sp³-hybridized carbons (Fsp3) is 0.613. The smallest absolute Gasteiger partial charge is 0.427 e. The second-order valence-electron chi connectivity index (χ2n) is 11.9. The highest BCUT2D eigenvalue weighted by atomic mass is 32.1. The monoisotopic (exact) mass is 714 g/mol. The van der Waals surface area contributed by atoms with Crippen LogP contribution in [0.15, 0.2) is 35.8 Å². The summed E-state index contributed by atoms with van der Waals surface area (Å²) in [6.45, 7) is 5.74. The van der Waals surface area contributed by atoms with Crippen LogP contribution in [0.2, 0.25) is 0 Å². The highest BCUT2D eigenvalue weighted by molar-refractivity contribution is 7.09. The van der Waals surface area contributed by atoms with Crippen molar-refractivity contribution in [1.82, 2.24) is 9.88 Å². The number of carboxylic acids is 3. The maximum absolute atomic E-state index is 14.6. The van der Waals surface area contributed by atoms with E-state index in [0.29, 0.717) is 6.42 Å². The quantitative estimate of drug-likeness (QED) is 0.170. The molecule has 0 amide bonds. The number of thiophene rings is 1. The molecule has 1 saturated heterocycles. The van der Waals surface area contributed by atoms with E-state index in [1.54, 1.807) is 34.7 Å². The van der Waals surface area contributed by atoms with Crippen molar-refractivity contribution in [2.24, 2.45) is 5.41 Å². The average molecular weight is 715 g/mol. The van der Waals surface area contributed by atoms with Gasteiger partial charge in [-0.1, -0.05) is 19.1 Å². The second-order valence-corrected chi connectivity index (χ2v) is 13.0. The third kappa shape index (κ3) is 8.65. The number of aromatic nitrogens is 1. The van der Waals surface area contributed by atoms with Gasteiger partial charge in [0.25, 0.3) is 5.60 Å². The van der Waals surface area contributed by atoms with E-state index >= 15 is 0 Å². The van der Waals surface area contributed by atoms with E-state index in [4.69, 9.17) is 25.2 Å². The first-order valence-electron chi connectivity index (χ1n) is 14.9. The Morgan fingerprint density at radius 1 is 1.00 bits per heavy atom. The Morgan fingerprint density at radius 2 is 1.58 bits per heavy atom. The molecule has 17 heteroatoms. The number of aliphatic hydroxyl groups is 1. The molecule has 48 heavy (non-hydrogen) atoms. The van der Waals surface area contributed by atoms with Gasteiger partial charge in [0, 0.05) is 40.9 Å². The van der Waals surface area contributed by atoms with Gasteiger partial charge in [-0.2, -0.15) is 26.3 Å². The van der Waals surface area contributed by atoms with Crippen molar-refractivity contribution in [2.75, 3.05) is 19.7 Å². The third-order valence-corrected chi connectivity index (χ3v) is 9.83. The van der Waals surface area contributed by atoms with Gasteiger partial charge in [-0.3, -0.25) is 19.5 Å². The van der Waals surface area contributed by atoms with Gasteiger partial charge in [-0.15, -0.1) is 11.3 Å². The van der Waals surface area contributed by atoms with Crippen LogP contribution < -0.4 is 0 Å². The molecule has 3 heterocycles. The Morgan fingerprint density at radius 3 is 1.98 bits per heavy atom. The van der Waals surface area contributed by atoms with Crippen molar-refractivity contribution in [2.45, 2.75) is 95.3 Å². The van der Waals surface area contributed by atoms with Crippen molar-refractivity contribution in [1.29, 1.82) is 0 Å². The van der Waals surface area contributed by atoms with E-state index in [-0.39, 0.29) is 25.8 Å². The van der Waals surface area contributed by atoms with Crippen LogP contribution in [0.1, 0.15) is 69.0 Å². The number of aryl methyl sites for hydroxylation is 2. The summed E-state index contributed by atoms with van der Waals surface area (Å²) < 4.78 is 92.6. The minimum Gasteiger partial charge on any atom is -0.481 e. The van der Waals surface area contributed by atoms with Crippen LogP contribution >= 0.6 is 11.3 Å². The molecule has 1 fully saturated rings. The van der Waals surface area contributed by atoms with Crippen LogP contribution in [-0.4, -0.2) is 91.5 Å². The molecule has 1 unspecified atom stereocenters. The molecule has 1 aliphatic heterocycles. The van der Waals surface area contributed by atoms with Gasteiger partial charge in [-0.05, 0) is 76.1 Å². The Bertz CT molecular complexity index is 1360. The van der Waals surface area contributed by atoms with E-state index in [1.807, 2.05) is 26.8 Å². The largest absolute Gasteiger partial charge is 0.481 e. The van der Waals surface area contributed by atoms with E-state index in [9.17, 15) is 40.7 Å². The van der Waals surface area contributed by atoms with Crippen LogP contribution in [0.4, 0.5) is 26.3 Å². The highest BCUT2D eigenvalue weighted by Crippen LogP contribution is 2.61. The molecule has 0 spiro atoms. The molecule has 0 bridgehead atoms. The topological polar surface area (TPSA) is 157 Å². The second kappa shape index (κ2) is 15.5. The van der Waals surface area contributed by atoms with Crippen LogP contribution in [-0.2, 0) is 31.1 Å². The van der Waals surface area contributed by atoms with Crippen molar-refractivity contribution in [3.63, 3.8) is 0 Å². The molecular formula is C31H40F6N2O8S. The molecule has 3 rings (SSSR count). The van der Waals surface area contributed by atoms with Crippen LogP contribution in [0.5, 0.6) is 0 Å². The molecule has 2 aromatic rings. The van der Waals surface area contributed by atoms with Crippen LogP contribution in [0.3, 0.4) is 0 Å². The number of aliphatic carboxylic acids is 3. The molecule has 10 nitrogen and oxygen atoms in total. The zero-order valence-electron chi connectivity index (χ0n) is 26.8. The summed E-state index contributed by atoms with van der Waals surface area (Å²) in [6, 6.07) is 7.14. The number of rotatable bonds is 14. The predicted octanol–water partition coefficient (Wildman–Crippen LogP) is 6.05. The van der Waals surface area contributed by atoms with Gasteiger partial charge in [0.2, 0.25) is 0 Å². The summed E-state index contributed by atoms with van der Waals surface area (Å²) >= 11 is 1.33. The first kappa shape index (κ1) is 40.9. The lowest BCUT2D eigenvalue weighted by Gasteiger charge is -2.50. The maximum atomic E-state index is 14.6. The zero-order valence-corrected chi connectivity index (χ0v) is 27.6. The summed E-state index contributed by atoms with van der Waals surface area (Å²) in [5.41, 5.74) is -8.45. The maximum Gasteiger partial charge on any atom is 0.427 e. The van der Waals surface area contributed by atoms with Gasteiger partial charge in [-0.25, -0.2) is 4.79 Å². The van der Waals surface area contributed by atoms with Gasteiger partial charge in [0.1, 0.15) is 0 Å². The number of halogens is 6. The number of carbonyl (C=O) groups is 3. The molecule has 2 atom stereocenters. The van der Waals surface area contributed by atoms with Crippen molar-refractivity contribution in [3.05, 3.63) is 52.0 Å². The Labute approximate surface area is 277 Å². The Balaban J connectivity index is 0.000000521.